The minimum atomic E-state index is -0.812. The van der Waals surface area contributed by atoms with E-state index in [0.717, 1.165) is 31.0 Å². The summed E-state index contributed by atoms with van der Waals surface area (Å²) in [6, 6.07) is 4.25. The molecule has 1 N–H and O–H groups in total. The monoisotopic (exact) mass is 301 g/mol. The summed E-state index contributed by atoms with van der Waals surface area (Å²) in [5, 5.41) is 11.3. The van der Waals surface area contributed by atoms with Gasteiger partial charge in [-0.2, -0.15) is 0 Å². The SMILES string of the molecule is COC1C=CC2(O)C3CN(Cc4cc5c(cc43)OCO5)C2C1. The molecule has 0 spiro atoms. The van der Waals surface area contributed by atoms with Crippen molar-refractivity contribution in [2.45, 2.75) is 36.6 Å². The summed E-state index contributed by atoms with van der Waals surface area (Å²) in [6.07, 6.45) is 4.88. The molecule has 1 aromatic carbocycles. The van der Waals surface area contributed by atoms with Crippen LogP contribution in [0.15, 0.2) is 24.3 Å². The van der Waals surface area contributed by atoms with Crippen molar-refractivity contribution >= 4 is 0 Å². The minimum Gasteiger partial charge on any atom is -0.454 e. The molecule has 3 heterocycles. The zero-order chi connectivity index (χ0) is 14.9. The summed E-state index contributed by atoms with van der Waals surface area (Å²) in [4.78, 5) is 2.38. The Morgan fingerprint density at radius 2 is 2.14 bits per heavy atom. The first-order valence-electron chi connectivity index (χ1n) is 7.80. The Hall–Kier alpha value is -1.56. The number of hydrogen-bond donors (Lipinski definition) is 1. The lowest BCUT2D eigenvalue weighted by Gasteiger charge is -2.37. The second kappa shape index (κ2) is 4.25. The average Bonchev–Trinajstić information content (AvgIpc) is 3.07. The summed E-state index contributed by atoms with van der Waals surface area (Å²) >= 11 is 0. The summed E-state index contributed by atoms with van der Waals surface area (Å²) in [5.74, 6) is 1.71. The van der Waals surface area contributed by atoms with Crippen molar-refractivity contribution in [1.29, 1.82) is 0 Å². The summed E-state index contributed by atoms with van der Waals surface area (Å²) in [6.45, 7) is 2.02. The summed E-state index contributed by atoms with van der Waals surface area (Å²) in [7, 11) is 1.73. The van der Waals surface area contributed by atoms with E-state index in [-0.39, 0.29) is 24.9 Å². The van der Waals surface area contributed by atoms with Crippen molar-refractivity contribution in [3.8, 4) is 11.5 Å². The van der Waals surface area contributed by atoms with Gasteiger partial charge in [-0.05, 0) is 29.7 Å². The molecule has 0 amide bonds. The van der Waals surface area contributed by atoms with Crippen LogP contribution >= 0.6 is 0 Å². The van der Waals surface area contributed by atoms with E-state index in [2.05, 4.69) is 17.0 Å². The van der Waals surface area contributed by atoms with Gasteiger partial charge in [0.1, 0.15) is 5.60 Å². The fourth-order valence-corrected chi connectivity index (χ4v) is 4.53. The van der Waals surface area contributed by atoms with Gasteiger partial charge >= 0.3 is 0 Å². The first kappa shape index (κ1) is 12.9. The Bertz CT molecular complexity index is 673. The van der Waals surface area contributed by atoms with E-state index in [9.17, 15) is 5.11 Å². The third kappa shape index (κ3) is 1.54. The van der Waals surface area contributed by atoms with Crippen LogP contribution < -0.4 is 9.47 Å². The maximum absolute atomic E-state index is 11.3. The lowest BCUT2D eigenvalue weighted by atomic mass is 9.75. The Balaban J connectivity index is 1.61. The topological polar surface area (TPSA) is 51.2 Å². The molecule has 1 saturated heterocycles. The molecule has 5 unspecified atom stereocenters. The van der Waals surface area contributed by atoms with E-state index in [1.165, 1.54) is 11.1 Å². The molecule has 3 aliphatic heterocycles. The Labute approximate surface area is 129 Å². The number of methoxy groups -OCH3 is 1. The molecule has 0 aromatic heterocycles. The molecule has 4 aliphatic rings. The lowest BCUT2D eigenvalue weighted by Crippen LogP contribution is -2.48. The first-order valence-corrected chi connectivity index (χ1v) is 7.80. The number of aliphatic hydroxyl groups is 1. The smallest absolute Gasteiger partial charge is 0.231 e. The van der Waals surface area contributed by atoms with Crippen LogP contribution in [0.2, 0.25) is 0 Å². The Morgan fingerprint density at radius 1 is 1.32 bits per heavy atom. The largest absolute Gasteiger partial charge is 0.454 e. The molecule has 0 radical (unpaired) electrons. The molecule has 5 nitrogen and oxygen atoms in total. The predicted molar refractivity (Wildman–Crippen MR) is 79.0 cm³/mol. The second-order valence-corrected chi connectivity index (χ2v) is 6.66. The van der Waals surface area contributed by atoms with Crippen LogP contribution in [0.4, 0.5) is 0 Å². The fraction of sp³-hybridized carbons (Fsp3) is 0.529. The van der Waals surface area contributed by atoms with Crippen molar-refractivity contribution in [2.75, 3.05) is 20.4 Å². The molecule has 1 aliphatic carbocycles. The highest BCUT2D eigenvalue weighted by Gasteiger charge is 2.56. The molecular weight excluding hydrogens is 282 g/mol. The molecule has 1 aromatic rings. The van der Waals surface area contributed by atoms with Crippen LogP contribution in [0.1, 0.15) is 23.5 Å². The molecule has 2 bridgehead atoms. The van der Waals surface area contributed by atoms with Crippen LogP contribution in [-0.4, -0.2) is 48.2 Å². The van der Waals surface area contributed by atoms with Gasteiger partial charge in [0.15, 0.2) is 11.5 Å². The first-order chi connectivity index (χ1) is 10.7. The van der Waals surface area contributed by atoms with E-state index in [0.29, 0.717) is 0 Å². The Morgan fingerprint density at radius 3 is 2.95 bits per heavy atom. The van der Waals surface area contributed by atoms with Crippen molar-refractivity contribution in [3.63, 3.8) is 0 Å². The van der Waals surface area contributed by atoms with E-state index in [4.69, 9.17) is 14.2 Å². The normalized spacial score (nSPS) is 40.5. The lowest BCUT2D eigenvalue weighted by molar-refractivity contribution is -0.000904. The maximum Gasteiger partial charge on any atom is 0.231 e. The van der Waals surface area contributed by atoms with E-state index < -0.39 is 5.60 Å². The van der Waals surface area contributed by atoms with E-state index in [1.807, 2.05) is 12.2 Å². The molecule has 22 heavy (non-hydrogen) atoms. The van der Waals surface area contributed by atoms with Crippen molar-refractivity contribution in [1.82, 2.24) is 4.90 Å². The van der Waals surface area contributed by atoms with Gasteiger partial charge in [-0.25, -0.2) is 0 Å². The van der Waals surface area contributed by atoms with E-state index >= 15 is 0 Å². The van der Waals surface area contributed by atoms with Gasteiger partial charge in [0.05, 0.1) is 6.10 Å². The van der Waals surface area contributed by atoms with Crippen molar-refractivity contribution in [3.05, 3.63) is 35.4 Å². The summed E-state index contributed by atoms with van der Waals surface area (Å²) < 4.78 is 16.5. The second-order valence-electron chi connectivity index (χ2n) is 6.66. The average molecular weight is 301 g/mol. The fourth-order valence-electron chi connectivity index (χ4n) is 4.53. The standard InChI is InChI=1S/C17H19NO4/c1-20-11-2-3-17(19)13-8-18(16(17)5-11)7-10-4-14-15(6-12(10)13)22-9-21-14/h2-4,6,11,13,16,19H,5,7-9H2,1H3. The molecule has 5 atom stereocenters. The van der Waals surface area contributed by atoms with Gasteiger partial charge in [-0.3, -0.25) is 4.90 Å². The van der Waals surface area contributed by atoms with E-state index in [1.54, 1.807) is 7.11 Å². The molecule has 5 heteroatoms. The number of ether oxygens (including phenoxy) is 3. The van der Waals surface area contributed by atoms with Gasteiger partial charge in [0.2, 0.25) is 6.79 Å². The van der Waals surface area contributed by atoms with Crippen molar-refractivity contribution < 1.29 is 19.3 Å². The number of nitrogens with zero attached hydrogens (tertiary/aromatic N) is 1. The zero-order valence-electron chi connectivity index (χ0n) is 12.5. The maximum atomic E-state index is 11.3. The van der Waals surface area contributed by atoms with Crippen LogP contribution in [0.3, 0.4) is 0 Å². The van der Waals surface area contributed by atoms with Crippen molar-refractivity contribution in [2.24, 2.45) is 0 Å². The number of rotatable bonds is 1. The number of benzene rings is 1. The molecular formula is C17H19NO4. The van der Waals surface area contributed by atoms with Gasteiger partial charge in [-0.15, -0.1) is 0 Å². The molecule has 0 saturated carbocycles. The van der Waals surface area contributed by atoms with Crippen LogP contribution in [0.5, 0.6) is 11.5 Å². The quantitative estimate of drug-likeness (QED) is 0.795. The minimum absolute atomic E-state index is 0.0874. The number of hydrogen-bond acceptors (Lipinski definition) is 5. The van der Waals surface area contributed by atoms with Gasteiger partial charge in [-0.1, -0.05) is 12.2 Å². The highest BCUT2D eigenvalue weighted by molar-refractivity contribution is 5.53. The van der Waals surface area contributed by atoms with Gasteiger partial charge < -0.3 is 19.3 Å². The molecule has 1 fully saturated rings. The zero-order valence-corrected chi connectivity index (χ0v) is 12.5. The summed E-state index contributed by atoms with van der Waals surface area (Å²) in [5.41, 5.74) is 1.63. The highest BCUT2D eigenvalue weighted by Crippen LogP contribution is 2.52. The third-order valence-corrected chi connectivity index (χ3v) is 5.67. The van der Waals surface area contributed by atoms with Crippen LogP contribution in [-0.2, 0) is 11.3 Å². The van der Waals surface area contributed by atoms with Gasteiger partial charge in [0, 0.05) is 32.2 Å². The highest BCUT2D eigenvalue weighted by atomic mass is 16.7. The molecule has 5 rings (SSSR count). The Kier molecular flexibility index (Phi) is 2.50. The third-order valence-electron chi connectivity index (χ3n) is 5.67. The van der Waals surface area contributed by atoms with Crippen LogP contribution in [0, 0.1) is 0 Å². The van der Waals surface area contributed by atoms with Gasteiger partial charge in [0.25, 0.3) is 0 Å². The van der Waals surface area contributed by atoms with Crippen LogP contribution in [0.25, 0.3) is 0 Å². The predicted octanol–water partition coefficient (Wildman–Crippen LogP) is 1.40. The number of fused-ring (bicyclic) bond motifs is 8. The molecule has 116 valence electrons.